The van der Waals surface area contributed by atoms with Crippen LogP contribution in [-0.2, 0) is 14.3 Å². The predicted molar refractivity (Wildman–Crippen MR) is 88.5 cm³/mol. The van der Waals surface area contributed by atoms with Gasteiger partial charge in [-0.1, -0.05) is 45.9 Å². The van der Waals surface area contributed by atoms with E-state index in [1.165, 1.54) is 0 Å². The van der Waals surface area contributed by atoms with E-state index in [2.05, 4.69) is 0 Å². The van der Waals surface area contributed by atoms with Crippen molar-refractivity contribution >= 4 is 17.9 Å². The first-order valence-electron chi connectivity index (χ1n) is 7.73. The number of para-hydroxylation sites is 1. The SMILES string of the molecule is CC(C)c1ccccc1OCC(=O)O[C@@H](C(=O)NC(N)=O)C(C)C. The van der Waals surface area contributed by atoms with E-state index >= 15 is 0 Å². The van der Waals surface area contributed by atoms with E-state index in [0.717, 1.165) is 5.56 Å². The molecule has 0 heterocycles. The van der Waals surface area contributed by atoms with Crippen LogP contribution < -0.4 is 15.8 Å². The Bertz CT molecular complexity index is 598. The Balaban J connectivity index is 2.67. The van der Waals surface area contributed by atoms with Gasteiger partial charge in [-0.05, 0) is 23.5 Å². The number of benzene rings is 1. The molecule has 0 saturated heterocycles. The average molecular weight is 336 g/mol. The molecule has 24 heavy (non-hydrogen) atoms. The predicted octanol–water partition coefficient (Wildman–Crippen LogP) is 1.95. The summed E-state index contributed by atoms with van der Waals surface area (Å²) in [6, 6.07) is 6.39. The number of hydrogen-bond acceptors (Lipinski definition) is 5. The lowest BCUT2D eigenvalue weighted by atomic mass is 10.0. The highest BCUT2D eigenvalue weighted by atomic mass is 16.6. The van der Waals surface area contributed by atoms with E-state index in [1.54, 1.807) is 19.9 Å². The second-order valence-electron chi connectivity index (χ2n) is 5.99. The highest BCUT2D eigenvalue weighted by molar-refractivity contribution is 5.96. The molecular formula is C17H24N2O5. The molecule has 0 spiro atoms. The number of nitrogens with two attached hydrogens (primary N) is 1. The van der Waals surface area contributed by atoms with Crippen molar-refractivity contribution in [1.29, 1.82) is 0 Å². The fourth-order valence-electron chi connectivity index (χ4n) is 2.09. The Labute approximate surface area is 141 Å². The second-order valence-corrected chi connectivity index (χ2v) is 5.99. The van der Waals surface area contributed by atoms with Crippen LogP contribution in [0.1, 0.15) is 39.2 Å². The van der Waals surface area contributed by atoms with Gasteiger partial charge in [-0.3, -0.25) is 10.1 Å². The number of imide groups is 1. The van der Waals surface area contributed by atoms with Crippen molar-refractivity contribution in [3.63, 3.8) is 0 Å². The minimum absolute atomic E-state index is 0.238. The Morgan fingerprint density at radius 1 is 1.12 bits per heavy atom. The van der Waals surface area contributed by atoms with Crippen LogP contribution in [0.4, 0.5) is 4.79 Å². The summed E-state index contributed by atoms with van der Waals surface area (Å²) in [5.74, 6) is -0.953. The van der Waals surface area contributed by atoms with E-state index in [9.17, 15) is 14.4 Å². The monoisotopic (exact) mass is 336 g/mol. The number of carbonyl (C=O) groups is 3. The van der Waals surface area contributed by atoms with Crippen molar-refractivity contribution in [2.75, 3.05) is 6.61 Å². The summed E-state index contributed by atoms with van der Waals surface area (Å²) < 4.78 is 10.6. The molecule has 1 aromatic carbocycles. The summed E-state index contributed by atoms with van der Waals surface area (Å²) in [7, 11) is 0. The van der Waals surface area contributed by atoms with Crippen LogP contribution in [0.3, 0.4) is 0 Å². The van der Waals surface area contributed by atoms with Crippen molar-refractivity contribution in [3.05, 3.63) is 29.8 Å². The average Bonchev–Trinajstić information content (AvgIpc) is 2.49. The summed E-state index contributed by atoms with van der Waals surface area (Å²) in [6.07, 6.45) is -1.12. The molecule has 0 bridgehead atoms. The first-order chi connectivity index (χ1) is 11.2. The van der Waals surface area contributed by atoms with Gasteiger partial charge in [-0.25, -0.2) is 9.59 Å². The van der Waals surface area contributed by atoms with Crippen LogP contribution in [0.2, 0.25) is 0 Å². The van der Waals surface area contributed by atoms with E-state index < -0.39 is 24.0 Å². The van der Waals surface area contributed by atoms with Crippen LogP contribution in [0.25, 0.3) is 0 Å². The second kappa shape index (κ2) is 8.90. The normalized spacial score (nSPS) is 11.9. The third kappa shape index (κ3) is 5.91. The molecule has 3 N–H and O–H groups in total. The summed E-state index contributed by atoms with van der Waals surface area (Å²) in [5, 5.41) is 1.91. The molecule has 7 nitrogen and oxygen atoms in total. The molecule has 1 atom stereocenters. The summed E-state index contributed by atoms with van der Waals surface area (Å²) in [4.78, 5) is 34.5. The number of hydrogen-bond donors (Lipinski definition) is 2. The van der Waals surface area contributed by atoms with Gasteiger partial charge < -0.3 is 15.2 Å². The van der Waals surface area contributed by atoms with Gasteiger partial charge in [-0.2, -0.15) is 0 Å². The largest absolute Gasteiger partial charge is 0.482 e. The van der Waals surface area contributed by atoms with E-state index in [4.69, 9.17) is 15.2 Å². The Hall–Kier alpha value is -2.57. The maximum absolute atomic E-state index is 12.0. The number of amides is 3. The van der Waals surface area contributed by atoms with Gasteiger partial charge in [0.25, 0.3) is 5.91 Å². The minimum Gasteiger partial charge on any atom is -0.482 e. The van der Waals surface area contributed by atoms with Crippen LogP contribution in [0.15, 0.2) is 24.3 Å². The highest BCUT2D eigenvalue weighted by Crippen LogP contribution is 2.25. The summed E-state index contributed by atoms with van der Waals surface area (Å²) >= 11 is 0. The van der Waals surface area contributed by atoms with E-state index in [1.807, 2.05) is 37.4 Å². The zero-order valence-electron chi connectivity index (χ0n) is 14.4. The van der Waals surface area contributed by atoms with Crippen LogP contribution in [0.5, 0.6) is 5.75 Å². The molecule has 3 amide bonds. The smallest absolute Gasteiger partial charge is 0.344 e. The van der Waals surface area contributed by atoms with Gasteiger partial charge in [-0.15, -0.1) is 0 Å². The van der Waals surface area contributed by atoms with Gasteiger partial charge in [0.15, 0.2) is 12.7 Å². The summed E-state index contributed by atoms with van der Waals surface area (Å²) in [6.45, 7) is 7.07. The van der Waals surface area contributed by atoms with Gasteiger partial charge in [0.1, 0.15) is 5.75 Å². The number of rotatable bonds is 7. The molecule has 7 heteroatoms. The quantitative estimate of drug-likeness (QED) is 0.740. The first-order valence-corrected chi connectivity index (χ1v) is 7.73. The number of ether oxygens (including phenoxy) is 2. The molecule has 0 aliphatic rings. The van der Waals surface area contributed by atoms with Crippen molar-refractivity contribution in [1.82, 2.24) is 5.32 Å². The summed E-state index contributed by atoms with van der Waals surface area (Å²) in [5.41, 5.74) is 5.88. The van der Waals surface area contributed by atoms with Gasteiger partial charge >= 0.3 is 12.0 Å². The fraction of sp³-hybridized carbons (Fsp3) is 0.471. The number of esters is 1. The molecule has 0 aliphatic heterocycles. The molecule has 0 unspecified atom stereocenters. The minimum atomic E-state index is -1.12. The third-order valence-corrected chi connectivity index (χ3v) is 3.26. The lowest BCUT2D eigenvalue weighted by Crippen LogP contribution is -2.46. The lowest BCUT2D eigenvalue weighted by Gasteiger charge is -2.20. The lowest BCUT2D eigenvalue weighted by molar-refractivity contribution is -0.160. The van der Waals surface area contributed by atoms with Crippen LogP contribution >= 0.6 is 0 Å². The Kier molecular flexibility index (Phi) is 7.23. The van der Waals surface area contributed by atoms with Crippen molar-refractivity contribution in [3.8, 4) is 5.75 Å². The van der Waals surface area contributed by atoms with Crippen LogP contribution in [0, 0.1) is 5.92 Å². The zero-order chi connectivity index (χ0) is 18.3. The molecule has 0 fully saturated rings. The number of primary amides is 1. The molecule has 0 radical (unpaired) electrons. The maximum Gasteiger partial charge on any atom is 0.344 e. The standard InChI is InChI=1S/C17H24N2O5/c1-10(2)12-7-5-6-8-13(12)23-9-14(20)24-15(11(3)4)16(21)19-17(18)22/h5-8,10-11,15H,9H2,1-4H3,(H3,18,19,21,22)/t15-/m1/s1. The maximum atomic E-state index is 12.0. The molecule has 0 aliphatic carbocycles. The first kappa shape index (κ1) is 19.5. The van der Waals surface area contributed by atoms with Crippen LogP contribution in [-0.4, -0.2) is 30.6 Å². The van der Waals surface area contributed by atoms with Gasteiger partial charge in [0.05, 0.1) is 0 Å². The highest BCUT2D eigenvalue weighted by Gasteiger charge is 2.27. The molecule has 0 saturated carbocycles. The van der Waals surface area contributed by atoms with Gasteiger partial charge in [0, 0.05) is 0 Å². The Morgan fingerprint density at radius 3 is 2.29 bits per heavy atom. The van der Waals surface area contributed by atoms with Crippen molar-refractivity contribution in [2.24, 2.45) is 11.7 Å². The molecule has 0 aromatic heterocycles. The number of carbonyl (C=O) groups excluding carboxylic acids is 3. The van der Waals surface area contributed by atoms with E-state index in [-0.39, 0.29) is 18.4 Å². The fourth-order valence-corrected chi connectivity index (χ4v) is 2.09. The number of nitrogens with one attached hydrogen (secondary N) is 1. The number of urea groups is 1. The van der Waals surface area contributed by atoms with Gasteiger partial charge in [0.2, 0.25) is 0 Å². The van der Waals surface area contributed by atoms with E-state index in [0.29, 0.717) is 5.75 Å². The third-order valence-electron chi connectivity index (χ3n) is 3.26. The molecule has 1 aromatic rings. The molecular weight excluding hydrogens is 312 g/mol. The molecule has 132 valence electrons. The zero-order valence-corrected chi connectivity index (χ0v) is 14.4. The Morgan fingerprint density at radius 2 is 1.75 bits per heavy atom. The molecule has 1 rings (SSSR count). The van der Waals surface area contributed by atoms with Crippen molar-refractivity contribution in [2.45, 2.75) is 39.7 Å². The topological polar surface area (TPSA) is 108 Å². The van der Waals surface area contributed by atoms with Crippen molar-refractivity contribution < 1.29 is 23.9 Å².